The number of carbonyl (C=O) groups excluding carboxylic acids is 3. The van der Waals surface area contributed by atoms with E-state index < -0.39 is 5.91 Å². The Bertz CT molecular complexity index is 974. The number of benzene rings is 2. The van der Waals surface area contributed by atoms with Crippen molar-refractivity contribution in [2.24, 2.45) is 0 Å². The summed E-state index contributed by atoms with van der Waals surface area (Å²) in [7, 11) is 0. The van der Waals surface area contributed by atoms with Gasteiger partial charge in [0.15, 0.2) is 0 Å². The molecule has 2 aromatic rings. The first-order valence-corrected chi connectivity index (χ1v) is 10.2. The summed E-state index contributed by atoms with van der Waals surface area (Å²) >= 11 is 6.17. The van der Waals surface area contributed by atoms with Crippen LogP contribution in [0.4, 0.5) is 0 Å². The summed E-state index contributed by atoms with van der Waals surface area (Å²) in [5, 5.41) is 3.40. The Morgan fingerprint density at radius 1 is 1.00 bits per heavy atom. The van der Waals surface area contributed by atoms with Gasteiger partial charge in [0.05, 0.1) is 17.7 Å². The summed E-state index contributed by atoms with van der Waals surface area (Å²) in [6.45, 7) is 3.63. The van der Waals surface area contributed by atoms with E-state index in [1.807, 2.05) is 6.07 Å². The maximum absolute atomic E-state index is 12.8. The number of imide groups is 1. The van der Waals surface area contributed by atoms with Gasteiger partial charge in [0.2, 0.25) is 0 Å². The molecular formula is C22H23Cl2N3O3. The Kier molecular flexibility index (Phi) is 7.13. The number of carbonyl (C=O) groups is 3. The van der Waals surface area contributed by atoms with Gasteiger partial charge in [-0.05, 0) is 55.8 Å². The zero-order valence-electron chi connectivity index (χ0n) is 16.4. The molecule has 0 spiro atoms. The fourth-order valence-corrected chi connectivity index (χ4v) is 4.00. The molecule has 2 aromatic carbocycles. The fraction of sp³-hybridized carbons (Fsp3) is 0.318. The maximum Gasteiger partial charge on any atom is 0.261 e. The predicted molar refractivity (Wildman–Crippen MR) is 117 cm³/mol. The maximum atomic E-state index is 12.8. The van der Waals surface area contributed by atoms with Gasteiger partial charge in [-0.2, -0.15) is 0 Å². The molecular weight excluding hydrogens is 425 g/mol. The molecule has 1 saturated heterocycles. The van der Waals surface area contributed by atoms with E-state index in [1.165, 1.54) is 23.8 Å². The summed E-state index contributed by atoms with van der Waals surface area (Å²) in [6.07, 6.45) is 2.42. The van der Waals surface area contributed by atoms with Crippen molar-refractivity contribution in [3.05, 3.63) is 69.7 Å². The third kappa shape index (κ3) is 4.51. The molecule has 2 heterocycles. The third-order valence-electron chi connectivity index (χ3n) is 5.43. The zero-order valence-corrected chi connectivity index (χ0v) is 18.0. The van der Waals surface area contributed by atoms with Crippen LogP contribution in [0, 0.1) is 0 Å². The van der Waals surface area contributed by atoms with Crippen molar-refractivity contribution in [2.75, 3.05) is 26.2 Å². The number of hydrogen-bond acceptors (Lipinski definition) is 4. The number of nitrogens with zero attached hydrogens (tertiary/aromatic N) is 2. The fourth-order valence-electron chi connectivity index (χ4n) is 3.81. The highest BCUT2D eigenvalue weighted by Gasteiger charge is 2.36. The zero-order chi connectivity index (χ0) is 20.4. The van der Waals surface area contributed by atoms with Crippen LogP contribution in [0.25, 0.3) is 0 Å². The topological polar surface area (TPSA) is 69.7 Å². The van der Waals surface area contributed by atoms with Crippen LogP contribution in [0.3, 0.4) is 0 Å². The first-order valence-electron chi connectivity index (χ1n) is 9.79. The highest BCUT2D eigenvalue weighted by Crippen LogP contribution is 2.27. The first-order chi connectivity index (χ1) is 14.0. The van der Waals surface area contributed by atoms with E-state index in [9.17, 15) is 14.4 Å². The number of amides is 3. The van der Waals surface area contributed by atoms with E-state index in [2.05, 4.69) is 10.2 Å². The molecule has 0 atom stereocenters. The number of likely N-dealkylation sites (tertiary alicyclic amines) is 1. The minimum atomic E-state index is -0.406. The molecule has 4 rings (SSSR count). The average Bonchev–Trinajstić information content (AvgIpc) is 3.32. The van der Waals surface area contributed by atoms with Crippen LogP contribution in [0.2, 0.25) is 5.02 Å². The van der Waals surface area contributed by atoms with Crippen LogP contribution in [0.15, 0.2) is 42.5 Å². The molecule has 0 bridgehead atoms. The van der Waals surface area contributed by atoms with E-state index in [0.29, 0.717) is 28.3 Å². The van der Waals surface area contributed by atoms with Crippen molar-refractivity contribution in [1.82, 2.24) is 15.1 Å². The second-order valence-electron chi connectivity index (χ2n) is 7.35. The summed E-state index contributed by atoms with van der Waals surface area (Å²) in [5.41, 5.74) is 1.65. The smallest absolute Gasteiger partial charge is 0.261 e. The quantitative estimate of drug-likeness (QED) is 0.688. The van der Waals surface area contributed by atoms with Gasteiger partial charge in [-0.1, -0.05) is 29.8 Å². The van der Waals surface area contributed by atoms with Crippen LogP contribution >= 0.6 is 24.0 Å². The molecule has 2 aliphatic heterocycles. The Balaban J connectivity index is 0.00000256. The van der Waals surface area contributed by atoms with Crippen LogP contribution in [-0.4, -0.2) is 53.7 Å². The van der Waals surface area contributed by atoms with Gasteiger partial charge in [-0.3, -0.25) is 19.3 Å². The van der Waals surface area contributed by atoms with Crippen molar-refractivity contribution in [3.8, 4) is 0 Å². The van der Waals surface area contributed by atoms with E-state index in [1.54, 1.807) is 30.3 Å². The highest BCUT2D eigenvalue weighted by atomic mass is 35.5. The van der Waals surface area contributed by atoms with Crippen molar-refractivity contribution in [1.29, 1.82) is 0 Å². The molecule has 8 heteroatoms. The minimum absolute atomic E-state index is 0. The molecule has 0 aromatic heterocycles. The number of rotatable bonds is 6. The van der Waals surface area contributed by atoms with Crippen LogP contribution in [-0.2, 0) is 6.54 Å². The Morgan fingerprint density at radius 2 is 1.70 bits per heavy atom. The normalized spacial score (nSPS) is 15.8. The van der Waals surface area contributed by atoms with Crippen molar-refractivity contribution in [3.63, 3.8) is 0 Å². The van der Waals surface area contributed by atoms with Crippen LogP contribution in [0.5, 0.6) is 0 Å². The summed E-state index contributed by atoms with van der Waals surface area (Å²) in [6, 6.07) is 11.8. The number of halogens is 2. The molecule has 0 saturated carbocycles. The Hall–Kier alpha value is -2.41. The third-order valence-corrected chi connectivity index (χ3v) is 5.80. The Morgan fingerprint density at radius 3 is 2.43 bits per heavy atom. The second kappa shape index (κ2) is 9.60. The van der Waals surface area contributed by atoms with E-state index >= 15 is 0 Å². The van der Waals surface area contributed by atoms with Gasteiger partial charge < -0.3 is 10.2 Å². The molecule has 1 N–H and O–H groups in total. The average molecular weight is 448 g/mol. The molecule has 6 nitrogen and oxygen atoms in total. The van der Waals surface area contributed by atoms with Gasteiger partial charge in [-0.25, -0.2) is 0 Å². The lowest BCUT2D eigenvalue weighted by Gasteiger charge is -2.15. The molecule has 158 valence electrons. The van der Waals surface area contributed by atoms with Crippen LogP contribution < -0.4 is 5.32 Å². The second-order valence-corrected chi connectivity index (χ2v) is 7.76. The van der Waals surface area contributed by atoms with E-state index in [0.717, 1.165) is 19.6 Å². The summed E-state index contributed by atoms with van der Waals surface area (Å²) in [4.78, 5) is 41.4. The molecule has 0 unspecified atom stereocenters. The predicted octanol–water partition coefficient (Wildman–Crippen LogP) is 3.38. The minimum Gasteiger partial charge on any atom is -0.351 e. The lowest BCUT2D eigenvalue weighted by Crippen LogP contribution is -2.33. The standard InChI is InChI=1S/C22H22ClN3O3.ClH/c23-19-6-2-1-5-16(19)14-26-21(28)17-8-7-15(13-18(17)22(26)29)20(27)24-9-12-25-10-3-4-11-25;/h1-2,5-8,13H,3-4,9-12,14H2,(H,24,27);1H. The molecule has 3 amide bonds. The monoisotopic (exact) mass is 447 g/mol. The van der Waals surface area contributed by atoms with Gasteiger partial charge in [-0.15, -0.1) is 12.4 Å². The molecule has 30 heavy (non-hydrogen) atoms. The summed E-state index contributed by atoms with van der Waals surface area (Å²) < 4.78 is 0. The van der Waals surface area contributed by atoms with Crippen LogP contribution in [0.1, 0.15) is 49.5 Å². The molecule has 1 fully saturated rings. The van der Waals surface area contributed by atoms with Gasteiger partial charge in [0, 0.05) is 23.7 Å². The van der Waals surface area contributed by atoms with E-state index in [-0.39, 0.29) is 36.3 Å². The lowest BCUT2D eigenvalue weighted by atomic mass is 10.1. The highest BCUT2D eigenvalue weighted by molar-refractivity contribution is 6.31. The van der Waals surface area contributed by atoms with Crippen molar-refractivity contribution < 1.29 is 14.4 Å². The molecule has 0 aliphatic carbocycles. The number of nitrogens with one attached hydrogen (secondary N) is 1. The molecule has 2 aliphatic rings. The van der Waals surface area contributed by atoms with Crippen molar-refractivity contribution >= 4 is 41.7 Å². The van der Waals surface area contributed by atoms with Crippen molar-refractivity contribution in [2.45, 2.75) is 19.4 Å². The van der Waals surface area contributed by atoms with E-state index in [4.69, 9.17) is 11.6 Å². The first kappa shape index (κ1) is 22.3. The SMILES string of the molecule is Cl.O=C(NCCN1CCCC1)c1ccc2c(c1)C(=O)N(Cc1ccccc1Cl)C2=O. The lowest BCUT2D eigenvalue weighted by molar-refractivity contribution is 0.0642. The van der Waals surface area contributed by atoms with Gasteiger partial charge in [0.1, 0.15) is 0 Å². The largest absolute Gasteiger partial charge is 0.351 e. The molecule has 0 radical (unpaired) electrons. The van der Waals surface area contributed by atoms with Gasteiger partial charge >= 0.3 is 0 Å². The number of fused-ring (bicyclic) bond motifs is 1. The van der Waals surface area contributed by atoms with Gasteiger partial charge in [0.25, 0.3) is 17.7 Å². The summed E-state index contributed by atoms with van der Waals surface area (Å²) in [5.74, 6) is -1.01. The number of hydrogen-bond donors (Lipinski definition) is 1. The Labute approximate surface area is 186 Å².